The second-order valence-electron chi connectivity index (χ2n) is 2.97. The Morgan fingerprint density at radius 2 is 2.07 bits per heavy atom. The summed E-state index contributed by atoms with van der Waals surface area (Å²) in [6.45, 7) is 1.29. The second kappa shape index (κ2) is 4.93. The zero-order valence-electron chi connectivity index (χ0n) is 8.01. The van der Waals surface area contributed by atoms with Crippen molar-refractivity contribution in [2.24, 2.45) is 0 Å². The van der Waals surface area contributed by atoms with Gasteiger partial charge in [0.1, 0.15) is 12.4 Å². The monoisotopic (exact) mass is 267 g/mol. The van der Waals surface area contributed by atoms with Crippen molar-refractivity contribution in [3.8, 4) is 5.75 Å². The third-order valence-corrected chi connectivity index (χ3v) is 2.40. The van der Waals surface area contributed by atoms with E-state index in [-0.39, 0.29) is 0 Å². The Morgan fingerprint density at radius 3 is 2.73 bits per heavy atom. The Morgan fingerprint density at radius 1 is 1.27 bits per heavy atom. The molecule has 4 nitrogen and oxygen atoms in total. The Balaban J connectivity index is 1.81. The van der Waals surface area contributed by atoms with Crippen molar-refractivity contribution in [3.05, 3.63) is 41.1 Å². The number of hydrogen-bond donors (Lipinski definition) is 0. The molecule has 15 heavy (non-hydrogen) atoms. The van der Waals surface area contributed by atoms with Gasteiger partial charge in [-0.25, -0.2) is 4.68 Å². The Kier molecular flexibility index (Phi) is 3.34. The molecule has 0 radical (unpaired) electrons. The molecule has 0 fully saturated rings. The maximum Gasteiger partial charge on any atom is 0.119 e. The van der Waals surface area contributed by atoms with E-state index in [9.17, 15) is 0 Å². The highest BCUT2D eigenvalue weighted by Gasteiger charge is 1.94. The van der Waals surface area contributed by atoms with Crippen LogP contribution in [0.15, 0.2) is 41.1 Å². The second-order valence-corrected chi connectivity index (χ2v) is 3.88. The maximum absolute atomic E-state index is 5.52. The number of rotatable bonds is 4. The molecule has 0 aliphatic heterocycles. The summed E-state index contributed by atoms with van der Waals surface area (Å²) in [7, 11) is 0. The van der Waals surface area contributed by atoms with Crippen LogP contribution >= 0.6 is 15.9 Å². The van der Waals surface area contributed by atoms with Crippen molar-refractivity contribution in [2.75, 3.05) is 6.61 Å². The molecule has 1 heterocycles. The minimum atomic E-state index is 0.588. The van der Waals surface area contributed by atoms with E-state index in [1.54, 1.807) is 10.9 Å². The van der Waals surface area contributed by atoms with Gasteiger partial charge >= 0.3 is 0 Å². The van der Waals surface area contributed by atoms with Gasteiger partial charge in [0.05, 0.1) is 12.7 Å². The van der Waals surface area contributed by atoms with Crippen LogP contribution in [0.4, 0.5) is 0 Å². The van der Waals surface area contributed by atoms with Crippen LogP contribution in [-0.4, -0.2) is 21.6 Å². The summed E-state index contributed by atoms with van der Waals surface area (Å²) in [5.74, 6) is 0.860. The van der Waals surface area contributed by atoms with E-state index in [0.29, 0.717) is 13.2 Å². The lowest BCUT2D eigenvalue weighted by Gasteiger charge is -2.05. The van der Waals surface area contributed by atoms with Crippen molar-refractivity contribution in [1.82, 2.24) is 15.0 Å². The van der Waals surface area contributed by atoms with Crippen LogP contribution in [0, 0.1) is 0 Å². The summed E-state index contributed by atoms with van der Waals surface area (Å²) in [6, 6.07) is 7.74. The lowest BCUT2D eigenvalue weighted by Crippen LogP contribution is -2.08. The van der Waals surface area contributed by atoms with Gasteiger partial charge in [-0.1, -0.05) is 21.1 Å². The minimum absolute atomic E-state index is 0.588. The van der Waals surface area contributed by atoms with Gasteiger partial charge in [-0.2, -0.15) is 0 Å². The van der Waals surface area contributed by atoms with Crippen molar-refractivity contribution >= 4 is 15.9 Å². The zero-order valence-corrected chi connectivity index (χ0v) is 9.59. The molecular formula is C10H10BrN3O. The lowest BCUT2D eigenvalue weighted by atomic mass is 10.3. The number of benzene rings is 1. The predicted molar refractivity (Wildman–Crippen MR) is 59.7 cm³/mol. The fourth-order valence-electron chi connectivity index (χ4n) is 1.14. The van der Waals surface area contributed by atoms with Crippen LogP contribution in [-0.2, 0) is 6.54 Å². The van der Waals surface area contributed by atoms with Gasteiger partial charge in [0.15, 0.2) is 0 Å². The Hall–Kier alpha value is -1.36. The predicted octanol–water partition coefficient (Wildman–Crippen LogP) is 2.12. The van der Waals surface area contributed by atoms with Gasteiger partial charge in [-0.15, -0.1) is 5.10 Å². The van der Waals surface area contributed by atoms with E-state index < -0.39 is 0 Å². The molecule has 2 aromatic rings. The standard InChI is InChI=1S/C10H10BrN3O/c11-9-1-3-10(4-2-9)15-8-7-14-6-5-12-13-14/h1-6H,7-8H2. The Labute approximate surface area is 96.0 Å². The van der Waals surface area contributed by atoms with Gasteiger partial charge in [-0.3, -0.25) is 0 Å². The molecule has 0 amide bonds. The molecule has 1 aromatic carbocycles. The largest absolute Gasteiger partial charge is 0.492 e. The van der Waals surface area contributed by atoms with E-state index in [2.05, 4.69) is 26.2 Å². The molecule has 0 saturated carbocycles. The summed E-state index contributed by atoms with van der Waals surface area (Å²) >= 11 is 3.37. The molecule has 1 aromatic heterocycles. The van der Waals surface area contributed by atoms with Crippen molar-refractivity contribution < 1.29 is 4.74 Å². The molecule has 0 N–H and O–H groups in total. The molecular weight excluding hydrogens is 258 g/mol. The fourth-order valence-corrected chi connectivity index (χ4v) is 1.40. The molecule has 0 spiro atoms. The van der Waals surface area contributed by atoms with Crippen LogP contribution in [0.5, 0.6) is 5.75 Å². The molecule has 0 atom stereocenters. The van der Waals surface area contributed by atoms with Crippen molar-refractivity contribution in [1.29, 1.82) is 0 Å². The SMILES string of the molecule is Brc1ccc(OCCn2ccnn2)cc1. The van der Waals surface area contributed by atoms with Gasteiger partial charge in [0.2, 0.25) is 0 Å². The van der Waals surface area contributed by atoms with Crippen molar-refractivity contribution in [3.63, 3.8) is 0 Å². The van der Waals surface area contributed by atoms with Crippen LogP contribution in [0.1, 0.15) is 0 Å². The van der Waals surface area contributed by atoms with Crippen LogP contribution in [0.2, 0.25) is 0 Å². The van der Waals surface area contributed by atoms with E-state index in [1.165, 1.54) is 0 Å². The summed E-state index contributed by atoms with van der Waals surface area (Å²) in [6.07, 6.45) is 3.46. The fraction of sp³-hybridized carbons (Fsp3) is 0.200. The van der Waals surface area contributed by atoms with E-state index in [1.807, 2.05) is 30.5 Å². The van der Waals surface area contributed by atoms with Gasteiger partial charge in [-0.05, 0) is 24.3 Å². The summed E-state index contributed by atoms with van der Waals surface area (Å²) in [5, 5.41) is 7.55. The first-order valence-corrected chi connectivity index (χ1v) is 5.36. The maximum atomic E-state index is 5.52. The number of nitrogens with zero attached hydrogens (tertiary/aromatic N) is 3. The van der Waals surface area contributed by atoms with Crippen LogP contribution < -0.4 is 4.74 Å². The van der Waals surface area contributed by atoms with Crippen LogP contribution in [0.25, 0.3) is 0 Å². The number of aromatic nitrogens is 3. The molecule has 5 heteroatoms. The number of hydrogen-bond acceptors (Lipinski definition) is 3. The summed E-state index contributed by atoms with van der Waals surface area (Å²) in [4.78, 5) is 0. The highest BCUT2D eigenvalue weighted by Crippen LogP contribution is 2.15. The quantitative estimate of drug-likeness (QED) is 0.852. The van der Waals surface area contributed by atoms with Crippen LogP contribution in [0.3, 0.4) is 0 Å². The van der Waals surface area contributed by atoms with Gasteiger partial charge < -0.3 is 4.74 Å². The molecule has 78 valence electrons. The highest BCUT2D eigenvalue weighted by atomic mass is 79.9. The molecule has 0 aliphatic carbocycles. The highest BCUT2D eigenvalue weighted by molar-refractivity contribution is 9.10. The average molecular weight is 268 g/mol. The van der Waals surface area contributed by atoms with Crippen molar-refractivity contribution in [2.45, 2.75) is 6.54 Å². The number of ether oxygens (including phenoxy) is 1. The lowest BCUT2D eigenvalue weighted by molar-refractivity contribution is 0.289. The topological polar surface area (TPSA) is 39.9 Å². The molecule has 2 rings (SSSR count). The summed E-state index contributed by atoms with van der Waals surface area (Å²) in [5.41, 5.74) is 0. The zero-order chi connectivity index (χ0) is 10.5. The first-order chi connectivity index (χ1) is 7.34. The summed E-state index contributed by atoms with van der Waals surface area (Å²) < 4.78 is 8.31. The molecule has 0 bridgehead atoms. The average Bonchev–Trinajstić information content (AvgIpc) is 2.74. The van der Waals surface area contributed by atoms with E-state index in [4.69, 9.17) is 4.74 Å². The van der Waals surface area contributed by atoms with E-state index in [0.717, 1.165) is 10.2 Å². The van der Waals surface area contributed by atoms with Gasteiger partial charge in [0.25, 0.3) is 0 Å². The Bertz CT molecular complexity index is 399. The number of halogens is 1. The minimum Gasteiger partial charge on any atom is -0.492 e. The first kappa shape index (κ1) is 10.2. The van der Waals surface area contributed by atoms with E-state index >= 15 is 0 Å². The molecule has 0 unspecified atom stereocenters. The van der Waals surface area contributed by atoms with Gasteiger partial charge in [0, 0.05) is 10.7 Å². The molecule has 0 saturated heterocycles. The smallest absolute Gasteiger partial charge is 0.119 e. The molecule has 0 aliphatic rings. The normalized spacial score (nSPS) is 10.2. The third kappa shape index (κ3) is 3.06. The first-order valence-electron chi connectivity index (χ1n) is 4.57. The third-order valence-electron chi connectivity index (χ3n) is 1.87.